The van der Waals surface area contributed by atoms with Crippen LogP contribution in [-0.2, 0) is 24.3 Å². The van der Waals surface area contributed by atoms with E-state index in [1.807, 2.05) is 4.68 Å². The van der Waals surface area contributed by atoms with E-state index in [9.17, 15) is 9.18 Å². The lowest BCUT2D eigenvalue weighted by Crippen LogP contribution is -2.24. The molecule has 1 atom stereocenters. The van der Waals surface area contributed by atoms with Crippen LogP contribution in [0.4, 0.5) is 4.39 Å². The van der Waals surface area contributed by atoms with E-state index >= 15 is 0 Å². The number of hydrogen-bond donors (Lipinski definition) is 2. The number of nitrogens with zero attached hydrogens (tertiary/aromatic N) is 2. The lowest BCUT2D eigenvalue weighted by atomic mass is 10.0. The zero-order chi connectivity index (χ0) is 16.2. The normalized spacial score (nSPS) is 15.2. The summed E-state index contributed by atoms with van der Waals surface area (Å²) in [4.78, 5) is 11.1. The van der Waals surface area contributed by atoms with Crippen LogP contribution in [0.25, 0.3) is 0 Å². The number of carboxylic acids is 1. The number of halogens is 1. The number of carbonyl (C=O) groups is 1. The van der Waals surface area contributed by atoms with Gasteiger partial charge in [-0.05, 0) is 43.0 Å². The molecule has 0 bridgehead atoms. The van der Waals surface area contributed by atoms with E-state index in [2.05, 4.69) is 16.5 Å². The van der Waals surface area contributed by atoms with Crippen molar-refractivity contribution in [2.75, 3.05) is 0 Å². The molecule has 1 aliphatic heterocycles. The maximum Gasteiger partial charge on any atom is 0.305 e. The first-order valence-electron chi connectivity index (χ1n) is 7.88. The number of carboxylic acid groups (broad SMARTS) is 1. The van der Waals surface area contributed by atoms with Crippen molar-refractivity contribution in [3.63, 3.8) is 0 Å². The smallest absolute Gasteiger partial charge is 0.305 e. The molecule has 0 spiro atoms. The Morgan fingerprint density at radius 1 is 1.39 bits per heavy atom. The molecular formula is C17H20FN3O2. The Kier molecular flexibility index (Phi) is 4.71. The third kappa shape index (κ3) is 3.96. The topological polar surface area (TPSA) is 67.2 Å². The van der Waals surface area contributed by atoms with E-state index < -0.39 is 12.0 Å². The molecule has 0 saturated heterocycles. The highest BCUT2D eigenvalue weighted by Crippen LogP contribution is 2.20. The molecule has 0 amide bonds. The number of aryl methyl sites for hydroxylation is 2. The minimum absolute atomic E-state index is 0.100. The second-order valence-corrected chi connectivity index (χ2v) is 5.89. The predicted molar refractivity (Wildman–Crippen MR) is 83.4 cm³/mol. The number of fused-ring (bicyclic) bond motifs is 1. The molecule has 1 aromatic heterocycles. The van der Waals surface area contributed by atoms with Crippen LogP contribution < -0.4 is 5.32 Å². The number of hydrogen-bond acceptors (Lipinski definition) is 3. The van der Waals surface area contributed by atoms with Crippen LogP contribution in [0.2, 0.25) is 0 Å². The zero-order valence-corrected chi connectivity index (χ0v) is 12.8. The van der Waals surface area contributed by atoms with Gasteiger partial charge in [-0.25, -0.2) is 4.39 Å². The van der Waals surface area contributed by atoms with Crippen LogP contribution in [0, 0.1) is 5.82 Å². The minimum Gasteiger partial charge on any atom is -0.481 e. The molecule has 122 valence electrons. The van der Waals surface area contributed by atoms with Crippen molar-refractivity contribution in [1.29, 1.82) is 0 Å². The Morgan fingerprint density at radius 2 is 2.26 bits per heavy atom. The van der Waals surface area contributed by atoms with Gasteiger partial charge in [-0.1, -0.05) is 12.1 Å². The molecule has 2 aromatic rings. The number of aromatic nitrogens is 2. The maximum atomic E-state index is 13.4. The van der Waals surface area contributed by atoms with Crippen molar-refractivity contribution in [2.45, 2.75) is 44.8 Å². The number of rotatable bonds is 6. The molecule has 2 heterocycles. The Balaban J connectivity index is 1.71. The highest BCUT2D eigenvalue weighted by atomic mass is 19.1. The largest absolute Gasteiger partial charge is 0.481 e. The van der Waals surface area contributed by atoms with Crippen molar-refractivity contribution in [2.24, 2.45) is 0 Å². The molecular weight excluding hydrogens is 297 g/mol. The van der Waals surface area contributed by atoms with Gasteiger partial charge in [0.25, 0.3) is 0 Å². The van der Waals surface area contributed by atoms with Crippen molar-refractivity contribution >= 4 is 5.97 Å². The highest BCUT2D eigenvalue weighted by molar-refractivity contribution is 5.67. The quantitative estimate of drug-likeness (QED) is 0.859. The van der Waals surface area contributed by atoms with Crippen molar-refractivity contribution in [1.82, 2.24) is 15.1 Å². The van der Waals surface area contributed by atoms with Gasteiger partial charge in [-0.15, -0.1) is 0 Å². The van der Waals surface area contributed by atoms with Gasteiger partial charge < -0.3 is 10.4 Å². The summed E-state index contributed by atoms with van der Waals surface area (Å²) in [5, 5.41) is 16.8. The summed E-state index contributed by atoms with van der Waals surface area (Å²) in [6, 6.07) is 7.68. The average Bonchev–Trinajstić information content (AvgIpc) is 2.94. The van der Waals surface area contributed by atoms with Gasteiger partial charge in [0.1, 0.15) is 5.82 Å². The van der Waals surface area contributed by atoms with Gasteiger partial charge in [0.2, 0.25) is 0 Å². The van der Waals surface area contributed by atoms with E-state index in [0.29, 0.717) is 12.1 Å². The van der Waals surface area contributed by atoms with Crippen molar-refractivity contribution < 1.29 is 14.3 Å². The van der Waals surface area contributed by atoms with E-state index in [4.69, 9.17) is 5.11 Å². The molecule has 0 saturated carbocycles. The minimum atomic E-state index is -0.920. The third-order valence-electron chi connectivity index (χ3n) is 4.13. The SMILES string of the molecule is O=C(O)CC(NCc1cc2n(n1)CCCC2)c1cccc(F)c1. The van der Waals surface area contributed by atoms with Gasteiger partial charge in [0.05, 0.1) is 12.1 Å². The van der Waals surface area contributed by atoms with Gasteiger partial charge in [0.15, 0.2) is 0 Å². The standard InChI is InChI=1S/C17H20FN3O2/c18-13-5-3-4-12(8-13)16(10-17(22)23)19-11-14-9-15-6-1-2-7-21(15)20-14/h3-5,8-9,16,19H,1-2,6-7,10-11H2,(H,22,23). The molecule has 1 unspecified atom stereocenters. The summed E-state index contributed by atoms with van der Waals surface area (Å²) in [5.74, 6) is -1.28. The summed E-state index contributed by atoms with van der Waals surface area (Å²) >= 11 is 0. The Hall–Kier alpha value is -2.21. The summed E-state index contributed by atoms with van der Waals surface area (Å²) in [5.41, 5.74) is 2.76. The monoisotopic (exact) mass is 317 g/mol. The number of nitrogens with one attached hydrogen (secondary N) is 1. The molecule has 1 aliphatic rings. The van der Waals surface area contributed by atoms with Crippen molar-refractivity contribution in [3.8, 4) is 0 Å². The molecule has 1 aromatic carbocycles. The number of benzene rings is 1. The first kappa shape index (κ1) is 15.7. The lowest BCUT2D eigenvalue weighted by Gasteiger charge is -2.17. The summed E-state index contributed by atoms with van der Waals surface area (Å²) < 4.78 is 15.4. The molecule has 23 heavy (non-hydrogen) atoms. The Morgan fingerprint density at radius 3 is 3.00 bits per heavy atom. The van der Waals surface area contributed by atoms with Crippen LogP contribution in [0.5, 0.6) is 0 Å². The molecule has 5 nitrogen and oxygen atoms in total. The summed E-state index contributed by atoms with van der Waals surface area (Å²) in [6.45, 7) is 1.41. The average molecular weight is 317 g/mol. The first-order chi connectivity index (χ1) is 11.1. The summed E-state index contributed by atoms with van der Waals surface area (Å²) in [7, 11) is 0. The molecule has 0 radical (unpaired) electrons. The Bertz CT molecular complexity index is 675. The first-order valence-corrected chi connectivity index (χ1v) is 7.88. The van der Waals surface area contributed by atoms with Gasteiger partial charge in [0, 0.05) is 24.8 Å². The molecule has 0 aliphatic carbocycles. The van der Waals surface area contributed by atoms with Crippen LogP contribution in [0.15, 0.2) is 30.3 Å². The van der Waals surface area contributed by atoms with E-state index in [1.165, 1.54) is 24.2 Å². The van der Waals surface area contributed by atoms with Gasteiger partial charge >= 0.3 is 5.97 Å². The molecule has 2 N–H and O–H groups in total. The lowest BCUT2D eigenvalue weighted by molar-refractivity contribution is -0.137. The molecule has 6 heteroatoms. The second kappa shape index (κ2) is 6.91. The van der Waals surface area contributed by atoms with E-state index in [0.717, 1.165) is 25.1 Å². The van der Waals surface area contributed by atoms with Gasteiger partial charge in [-0.3, -0.25) is 9.48 Å². The van der Waals surface area contributed by atoms with Crippen LogP contribution in [-0.4, -0.2) is 20.9 Å². The molecule has 3 rings (SSSR count). The van der Waals surface area contributed by atoms with E-state index in [1.54, 1.807) is 12.1 Å². The maximum absolute atomic E-state index is 13.4. The zero-order valence-electron chi connectivity index (χ0n) is 12.8. The predicted octanol–water partition coefficient (Wildman–Crippen LogP) is 2.66. The fourth-order valence-corrected chi connectivity index (χ4v) is 3.00. The fourth-order valence-electron chi connectivity index (χ4n) is 3.00. The van der Waals surface area contributed by atoms with Crippen LogP contribution in [0.1, 0.15) is 42.3 Å². The Labute approximate surface area is 134 Å². The van der Waals surface area contributed by atoms with Gasteiger partial charge in [-0.2, -0.15) is 5.10 Å². The van der Waals surface area contributed by atoms with Crippen LogP contribution >= 0.6 is 0 Å². The fraction of sp³-hybridized carbons (Fsp3) is 0.412. The second-order valence-electron chi connectivity index (χ2n) is 5.89. The van der Waals surface area contributed by atoms with Crippen LogP contribution in [0.3, 0.4) is 0 Å². The number of aliphatic carboxylic acids is 1. The van der Waals surface area contributed by atoms with E-state index in [-0.39, 0.29) is 12.2 Å². The summed E-state index contributed by atoms with van der Waals surface area (Å²) in [6.07, 6.45) is 3.27. The van der Waals surface area contributed by atoms with Crippen molar-refractivity contribution in [3.05, 3.63) is 53.1 Å². The molecule has 0 fully saturated rings. The highest BCUT2D eigenvalue weighted by Gasteiger charge is 2.17. The third-order valence-corrected chi connectivity index (χ3v) is 4.13.